The molecule has 25 heavy (non-hydrogen) atoms. The van der Waals surface area contributed by atoms with E-state index in [1.54, 1.807) is 4.90 Å². The minimum Gasteiger partial charge on any atom is -0.444 e. The Bertz CT molecular complexity index is 725. The topological polar surface area (TPSA) is 68.5 Å². The molecule has 1 aliphatic heterocycles. The van der Waals surface area contributed by atoms with Gasteiger partial charge in [-0.25, -0.2) is 4.79 Å². The van der Waals surface area contributed by atoms with Crippen LogP contribution in [-0.4, -0.2) is 39.8 Å². The quantitative estimate of drug-likeness (QED) is 0.846. The van der Waals surface area contributed by atoms with Crippen LogP contribution in [0.2, 0.25) is 0 Å². The summed E-state index contributed by atoms with van der Waals surface area (Å²) in [6.45, 7) is 9.07. The predicted molar refractivity (Wildman–Crippen MR) is 94.1 cm³/mol. The van der Waals surface area contributed by atoms with Gasteiger partial charge >= 0.3 is 6.09 Å². The van der Waals surface area contributed by atoms with Crippen LogP contribution in [0.25, 0.3) is 11.4 Å². The Morgan fingerprint density at radius 1 is 1.28 bits per heavy atom. The smallest absolute Gasteiger partial charge is 0.410 e. The molecule has 1 aromatic heterocycles. The third-order valence-corrected chi connectivity index (χ3v) is 4.16. The van der Waals surface area contributed by atoms with Gasteiger partial charge in [-0.05, 0) is 32.8 Å². The third kappa shape index (κ3) is 4.38. The van der Waals surface area contributed by atoms with Gasteiger partial charge in [0.25, 0.3) is 0 Å². The van der Waals surface area contributed by atoms with E-state index in [0.29, 0.717) is 37.1 Å². The highest BCUT2D eigenvalue weighted by Crippen LogP contribution is 2.24. The lowest BCUT2D eigenvalue weighted by atomic mass is 9.97. The number of rotatable bonds is 4. The lowest BCUT2D eigenvalue weighted by molar-refractivity contribution is -0.00187. The van der Waals surface area contributed by atoms with Gasteiger partial charge in [0.15, 0.2) is 0 Å². The Hall–Kier alpha value is -2.37. The highest BCUT2D eigenvalue weighted by molar-refractivity contribution is 5.69. The van der Waals surface area contributed by atoms with Crippen LogP contribution in [0, 0.1) is 5.92 Å². The molecule has 1 aromatic carbocycles. The van der Waals surface area contributed by atoms with Gasteiger partial charge in [-0.1, -0.05) is 36.3 Å². The summed E-state index contributed by atoms with van der Waals surface area (Å²) in [4.78, 5) is 18.1. The standard InChI is InChI=1S/C19H25N3O3/c1-5-13-6-8-15(9-7-13)17-20-16(25-21-17)10-14-11-22(12-14)18(23)24-19(2,3)4/h6-9,14H,5,10-12H2,1-4H3. The van der Waals surface area contributed by atoms with Gasteiger partial charge in [0, 0.05) is 31.0 Å². The number of likely N-dealkylation sites (tertiary alicyclic amines) is 1. The minimum atomic E-state index is -0.461. The van der Waals surface area contributed by atoms with E-state index >= 15 is 0 Å². The van der Waals surface area contributed by atoms with Crippen LogP contribution in [0.3, 0.4) is 0 Å². The normalized spacial score (nSPS) is 15.1. The molecule has 0 spiro atoms. The van der Waals surface area contributed by atoms with Crippen molar-refractivity contribution in [2.45, 2.75) is 46.1 Å². The maximum absolute atomic E-state index is 11.9. The largest absolute Gasteiger partial charge is 0.444 e. The number of amides is 1. The van der Waals surface area contributed by atoms with Crippen molar-refractivity contribution in [1.82, 2.24) is 15.0 Å². The number of benzene rings is 1. The average molecular weight is 343 g/mol. The fourth-order valence-electron chi connectivity index (χ4n) is 2.77. The van der Waals surface area contributed by atoms with Gasteiger partial charge in [0.05, 0.1) is 0 Å². The SMILES string of the molecule is CCc1ccc(-c2noc(CC3CN(C(=O)OC(C)(C)C)C3)n2)cc1. The molecule has 6 heteroatoms. The first kappa shape index (κ1) is 17.5. The summed E-state index contributed by atoms with van der Waals surface area (Å²) in [5.74, 6) is 1.56. The van der Waals surface area contributed by atoms with E-state index in [4.69, 9.17) is 9.26 Å². The van der Waals surface area contributed by atoms with Crippen LogP contribution in [0.1, 0.15) is 39.1 Å². The van der Waals surface area contributed by atoms with Gasteiger partial charge in [0.1, 0.15) is 5.60 Å². The molecular weight excluding hydrogens is 318 g/mol. The first-order chi connectivity index (χ1) is 11.8. The lowest BCUT2D eigenvalue weighted by Crippen LogP contribution is -2.52. The Labute approximate surface area is 148 Å². The molecule has 0 aliphatic carbocycles. The summed E-state index contributed by atoms with van der Waals surface area (Å²) in [6.07, 6.45) is 1.43. The Morgan fingerprint density at radius 2 is 1.96 bits per heavy atom. The van der Waals surface area contributed by atoms with E-state index in [9.17, 15) is 4.79 Å². The maximum Gasteiger partial charge on any atom is 0.410 e. The van der Waals surface area contributed by atoms with Crippen molar-refractivity contribution in [3.63, 3.8) is 0 Å². The Morgan fingerprint density at radius 3 is 2.56 bits per heavy atom. The number of carbonyl (C=O) groups excluding carboxylic acids is 1. The van der Waals surface area contributed by atoms with E-state index in [2.05, 4.69) is 29.2 Å². The molecule has 134 valence electrons. The molecule has 0 atom stereocenters. The number of aromatic nitrogens is 2. The van der Waals surface area contributed by atoms with E-state index < -0.39 is 5.60 Å². The van der Waals surface area contributed by atoms with Crippen LogP contribution < -0.4 is 0 Å². The molecule has 1 fully saturated rings. The summed E-state index contributed by atoms with van der Waals surface area (Å²) in [6, 6.07) is 8.19. The zero-order valence-electron chi connectivity index (χ0n) is 15.3. The van der Waals surface area contributed by atoms with Gasteiger partial charge < -0.3 is 14.2 Å². The van der Waals surface area contributed by atoms with Crippen molar-refractivity contribution >= 4 is 6.09 Å². The number of hydrogen-bond donors (Lipinski definition) is 0. The first-order valence-corrected chi connectivity index (χ1v) is 8.74. The summed E-state index contributed by atoms with van der Waals surface area (Å²) in [5, 5.41) is 4.06. The Kier molecular flexibility index (Phi) is 4.79. The van der Waals surface area contributed by atoms with E-state index in [-0.39, 0.29) is 6.09 Å². The summed E-state index contributed by atoms with van der Waals surface area (Å²) in [7, 11) is 0. The van der Waals surface area contributed by atoms with Crippen LogP contribution >= 0.6 is 0 Å². The molecule has 3 rings (SSSR count). The van der Waals surface area contributed by atoms with Crippen molar-refractivity contribution < 1.29 is 14.1 Å². The van der Waals surface area contributed by atoms with E-state index in [1.807, 2.05) is 32.9 Å². The fourth-order valence-corrected chi connectivity index (χ4v) is 2.77. The third-order valence-electron chi connectivity index (χ3n) is 4.16. The van der Waals surface area contributed by atoms with Crippen molar-refractivity contribution in [1.29, 1.82) is 0 Å². The molecule has 0 saturated carbocycles. The second kappa shape index (κ2) is 6.86. The van der Waals surface area contributed by atoms with Gasteiger partial charge in [-0.3, -0.25) is 0 Å². The summed E-state index contributed by atoms with van der Waals surface area (Å²) >= 11 is 0. The number of ether oxygens (including phenoxy) is 1. The molecule has 2 aromatic rings. The monoisotopic (exact) mass is 343 g/mol. The first-order valence-electron chi connectivity index (χ1n) is 8.74. The molecular formula is C19H25N3O3. The molecule has 0 N–H and O–H groups in total. The number of nitrogens with zero attached hydrogens (tertiary/aromatic N) is 3. The molecule has 1 saturated heterocycles. The minimum absolute atomic E-state index is 0.258. The second-order valence-corrected chi connectivity index (χ2v) is 7.52. The van der Waals surface area contributed by atoms with Crippen molar-refractivity contribution in [2.24, 2.45) is 5.92 Å². The van der Waals surface area contributed by atoms with Crippen LogP contribution in [0.15, 0.2) is 28.8 Å². The highest BCUT2D eigenvalue weighted by Gasteiger charge is 2.34. The molecule has 1 aliphatic rings. The summed E-state index contributed by atoms with van der Waals surface area (Å²) < 4.78 is 10.7. The van der Waals surface area contributed by atoms with Crippen LogP contribution in [0.4, 0.5) is 4.79 Å². The number of carbonyl (C=O) groups is 1. The van der Waals surface area contributed by atoms with Crippen molar-refractivity contribution in [3.05, 3.63) is 35.7 Å². The van der Waals surface area contributed by atoms with Gasteiger partial charge in [-0.2, -0.15) is 4.98 Å². The highest BCUT2D eigenvalue weighted by atomic mass is 16.6. The van der Waals surface area contributed by atoms with E-state index in [1.165, 1.54) is 5.56 Å². The number of aryl methyl sites for hydroxylation is 1. The molecule has 6 nitrogen and oxygen atoms in total. The van der Waals surface area contributed by atoms with Crippen LogP contribution in [0.5, 0.6) is 0 Å². The van der Waals surface area contributed by atoms with Crippen molar-refractivity contribution in [3.8, 4) is 11.4 Å². The van der Waals surface area contributed by atoms with Crippen molar-refractivity contribution in [2.75, 3.05) is 13.1 Å². The predicted octanol–water partition coefficient (Wildman–Crippen LogP) is 3.71. The lowest BCUT2D eigenvalue weighted by Gasteiger charge is -2.39. The molecule has 0 radical (unpaired) electrons. The second-order valence-electron chi connectivity index (χ2n) is 7.52. The zero-order chi connectivity index (χ0) is 18.0. The molecule has 0 bridgehead atoms. The van der Waals surface area contributed by atoms with Gasteiger partial charge in [0.2, 0.25) is 11.7 Å². The maximum atomic E-state index is 11.9. The fraction of sp³-hybridized carbons (Fsp3) is 0.526. The number of hydrogen-bond acceptors (Lipinski definition) is 5. The average Bonchev–Trinajstić information content (AvgIpc) is 2.97. The summed E-state index contributed by atoms with van der Waals surface area (Å²) in [5.41, 5.74) is 1.78. The molecule has 2 heterocycles. The molecule has 1 amide bonds. The van der Waals surface area contributed by atoms with Gasteiger partial charge in [-0.15, -0.1) is 0 Å². The zero-order valence-corrected chi connectivity index (χ0v) is 15.3. The van der Waals surface area contributed by atoms with E-state index in [0.717, 1.165) is 12.0 Å². The molecule has 0 unspecified atom stereocenters. The Balaban J connectivity index is 1.52. The van der Waals surface area contributed by atoms with Crippen LogP contribution in [-0.2, 0) is 17.6 Å².